The van der Waals surface area contributed by atoms with Gasteiger partial charge in [0.05, 0.1) is 0 Å². The van der Waals surface area contributed by atoms with Gasteiger partial charge in [-0.2, -0.15) is 0 Å². The molecule has 1 saturated heterocycles. The van der Waals surface area contributed by atoms with E-state index in [1.807, 2.05) is 91.0 Å². The van der Waals surface area contributed by atoms with Crippen LogP contribution in [-0.2, 0) is 48.1 Å². The molecule has 1 aliphatic heterocycles. The number of ether oxygens (including phenoxy) is 4. The monoisotopic (exact) mass is 575 g/mol. The summed E-state index contributed by atoms with van der Waals surface area (Å²) in [5.41, 5.74) is 7.80. The van der Waals surface area contributed by atoms with Crippen molar-refractivity contribution in [2.45, 2.75) is 63.5 Å². The molecule has 3 aromatic carbocycles. The average molecular weight is 576 g/mol. The largest absolute Gasteiger partial charge is 0.459 e. The van der Waals surface area contributed by atoms with Crippen molar-refractivity contribution in [3.8, 4) is 0 Å². The number of rotatable bonds is 13. The summed E-state index contributed by atoms with van der Waals surface area (Å²) in [4.78, 5) is 38.7. The van der Waals surface area contributed by atoms with Crippen molar-refractivity contribution in [2.75, 3.05) is 6.61 Å². The van der Waals surface area contributed by atoms with Gasteiger partial charge in [-0.15, -0.1) is 0 Å². The van der Waals surface area contributed by atoms with Gasteiger partial charge in [0.15, 0.2) is 5.79 Å². The van der Waals surface area contributed by atoms with Crippen molar-refractivity contribution >= 4 is 18.0 Å². The highest BCUT2D eigenvalue weighted by Gasteiger charge is 2.48. The van der Waals surface area contributed by atoms with E-state index in [1.165, 1.54) is 0 Å². The van der Waals surface area contributed by atoms with Crippen LogP contribution in [0.2, 0.25) is 0 Å². The lowest BCUT2D eigenvalue weighted by Crippen LogP contribution is -2.58. The molecule has 0 aliphatic carbocycles. The van der Waals surface area contributed by atoms with E-state index in [0.29, 0.717) is 6.54 Å². The van der Waals surface area contributed by atoms with Gasteiger partial charge in [0, 0.05) is 13.0 Å². The molecule has 0 saturated carbocycles. The van der Waals surface area contributed by atoms with Crippen molar-refractivity contribution in [1.29, 1.82) is 0 Å². The van der Waals surface area contributed by atoms with E-state index >= 15 is 0 Å². The van der Waals surface area contributed by atoms with Crippen LogP contribution in [0.4, 0.5) is 4.79 Å². The van der Waals surface area contributed by atoms with Crippen molar-refractivity contribution in [1.82, 2.24) is 10.6 Å². The van der Waals surface area contributed by atoms with Crippen molar-refractivity contribution in [2.24, 2.45) is 5.73 Å². The molecular formula is C32H37N3O7. The Morgan fingerprint density at radius 1 is 0.833 bits per heavy atom. The molecule has 4 N–H and O–H groups in total. The maximum Gasteiger partial charge on any atom is 0.404 e. The zero-order chi connectivity index (χ0) is 30.0. The molecule has 42 heavy (non-hydrogen) atoms. The van der Waals surface area contributed by atoms with E-state index < -0.39 is 48.0 Å². The summed E-state index contributed by atoms with van der Waals surface area (Å²) in [6, 6.07) is 26.2. The highest BCUT2D eigenvalue weighted by molar-refractivity contribution is 5.88. The summed E-state index contributed by atoms with van der Waals surface area (Å²) >= 11 is 0. The van der Waals surface area contributed by atoms with Gasteiger partial charge in [0.25, 0.3) is 0 Å². The van der Waals surface area contributed by atoms with Crippen LogP contribution < -0.4 is 16.4 Å². The summed E-state index contributed by atoms with van der Waals surface area (Å²) in [7, 11) is 0. The number of hydrogen-bond donors (Lipinski definition) is 3. The van der Waals surface area contributed by atoms with E-state index in [0.717, 1.165) is 16.7 Å². The number of nitrogens with two attached hydrogens (primary N) is 1. The molecule has 0 bridgehead atoms. The molecule has 0 spiro atoms. The van der Waals surface area contributed by atoms with Crippen LogP contribution >= 0.6 is 0 Å². The highest BCUT2D eigenvalue weighted by Crippen LogP contribution is 2.30. The van der Waals surface area contributed by atoms with Crippen LogP contribution in [0.15, 0.2) is 91.0 Å². The zero-order valence-corrected chi connectivity index (χ0v) is 23.7. The summed E-state index contributed by atoms with van der Waals surface area (Å²) in [5, 5.41) is 6.14. The number of benzene rings is 3. The van der Waals surface area contributed by atoms with E-state index in [-0.39, 0.29) is 19.6 Å². The number of carbonyl (C=O) groups excluding carboxylic acids is 3. The predicted octanol–water partition coefficient (Wildman–Crippen LogP) is 3.23. The Hall–Kier alpha value is -4.25. The Bertz CT molecular complexity index is 1310. The molecule has 4 rings (SSSR count). The Morgan fingerprint density at radius 3 is 2.00 bits per heavy atom. The lowest BCUT2D eigenvalue weighted by atomic mass is 10.0. The fraction of sp³-hybridized carbons (Fsp3) is 0.344. The first-order valence-corrected chi connectivity index (χ1v) is 13.8. The van der Waals surface area contributed by atoms with Gasteiger partial charge in [-0.05, 0) is 30.5 Å². The number of carbonyl (C=O) groups is 3. The van der Waals surface area contributed by atoms with Gasteiger partial charge < -0.3 is 30.0 Å². The molecular weight excluding hydrogens is 538 g/mol. The molecule has 0 radical (unpaired) electrons. The third kappa shape index (κ3) is 9.13. The molecule has 1 fully saturated rings. The second-order valence-corrected chi connectivity index (χ2v) is 10.5. The Kier molecular flexibility index (Phi) is 10.7. The lowest BCUT2D eigenvalue weighted by Gasteiger charge is -2.28. The van der Waals surface area contributed by atoms with E-state index in [1.54, 1.807) is 13.8 Å². The standard InChI is InChI=1S/C32H37N3O7/c1-32(2)41-26(21-40-31(33)38)28(42-32)27(34-19-23-14-8-4-9-15-23)29(36)35-25(18-22-12-6-3-7-13-22)30(37)39-20-24-16-10-5-11-17-24/h3-17,25-28,34H,18-21H2,1-2H3,(H2,33,38)(H,35,36)/t25-,26-,27-,28+/m0/s1. The SMILES string of the molecule is CC1(C)O[C@@H]([C@H](NCc2ccccc2)C(=O)N[C@@H](Cc2ccccc2)C(=O)OCc2ccccc2)[C@H](COC(N)=O)O1. The van der Waals surface area contributed by atoms with Crippen molar-refractivity contribution in [3.63, 3.8) is 0 Å². The molecule has 10 heteroatoms. The van der Waals surface area contributed by atoms with Crippen LogP contribution in [0.25, 0.3) is 0 Å². The van der Waals surface area contributed by atoms with Crippen LogP contribution in [0.3, 0.4) is 0 Å². The molecule has 4 atom stereocenters. The zero-order valence-electron chi connectivity index (χ0n) is 23.7. The van der Waals surface area contributed by atoms with Gasteiger partial charge in [-0.1, -0.05) is 91.0 Å². The molecule has 3 aromatic rings. The first-order valence-electron chi connectivity index (χ1n) is 13.8. The van der Waals surface area contributed by atoms with Crippen LogP contribution in [0.5, 0.6) is 0 Å². The smallest absolute Gasteiger partial charge is 0.404 e. The summed E-state index contributed by atoms with van der Waals surface area (Å²) in [6.45, 7) is 3.58. The quantitative estimate of drug-likeness (QED) is 0.264. The van der Waals surface area contributed by atoms with Crippen LogP contribution in [0, 0.1) is 0 Å². The normalized spacial score (nSPS) is 18.9. The number of nitrogens with one attached hydrogen (secondary N) is 2. The molecule has 1 aliphatic rings. The van der Waals surface area contributed by atoms with Crippen molar-refractivity contribution < 1.29 is 33.3 Å². The average Bonchev–Trinajstić information content (AvgIpc) is 3.30. The molecule has 2 amide bonds. The maximum absolute atomic E-state index is 14.0. The number of primary amides is 1. The second kappa shape index (κ2) is 14.6. The Balaban J connectivity index is 1.56. The minimum absolute atomic E-state index is 0.0663. The first kappa shape index (κ1) is 30.7. The topological polar surface area (TPSA) is 138 Å². The second-order valence-electron chi connectivity index (χ2n) is 10.5. The highest BCUT2D eigenvalue weighted by atomic mass is 16.8. The van der Waals surface area contributed by atoms with Gasteiger partial charge in [-0.25, -0.2) is 9.59 Å². The van der Waals surface area contributed by atoms with Gasteiger partial charge >= 0.3 is 12.1 Å². The molecule has 0 aromatic heterocycles. The minimum Gasteiger partial charge on any atom is -0.459 e. The summed E-state index contributed by atoms with van der Waals surface area (Å²) in [5.74, 6) is -2.14. The maximum atomic E-state index is 14.0. The first-order chi connectivity index (χ1) is 20.2. The van der Waals surface area contributed by atoms with E-state index in [4.69, 9.17) is 24.7 Å². The third-order valence-electron chi connectivity index (χ3n) is 6.70. The number of esters is 1. The Labute approximate surface area is 245 Å². The number of amides is 2. The fourth-order valence-corrected chi connectivity index (χ4v) is 4.75. The van der Waals surface area contributed by atoms with Crippen LogP contribution in [0.1, 0.15) is 30.5 Å². The van der Waals surface area contributed by atoms with Crippen LogP contribution in [-0.4, -0.2) is 54.7 Å². The third-order valence-corrected chi connectivity index (χ3v) is 6.70. The predicted molar refractivity (Wildman–Crippen MR) is 155 cm³/mol. The molecule has 0 unspecified atom stereocenters. The molecule has 222 valence electrons. The van der Waals surface area contributed by atoms with Gasteiger partial charge in [-0.3, -0.25) is 10.1 Å². The molecule has 10 nitrogen and oxygen atoms in total. The molecule has 1 heterocycles. The minimum atomic E-state index is -1.07. The Morgan fingerprint density at radius 2 is 1.40 bits per heavy atom. The summed E-state index contributed by atoms with van der Waals surface area (Å²) < 4.78 is 22.7. The van der Waals surface area contributed by atoms with Crippen molar-refractivity contribution in [3.05, 3.63) is 108 Å². The van der Waals surface area contributed by atoms with Gasteiger partial charge in [0.2, 0.25) is 5.91 Å². The van der Waals surface area contributed by atoms with E-state index in [9.17, 15) is 14.4 Å². The van der Waals surface area contributed by atoms with Gasteiger partial charge in [0.1, 0.15) is 37.5 Å². The van der Waals surface area contributed by atoms with E-state index in [2.05, 4.69) is 10.6 Å². The fourth-order valence-electron chi connectivity index (χ4n) is 4.75. The summed E-state index contributed by atoms with van der Waals surface area (Å²) in [6.07, 6.45) is -2.43. The lowest BCUT2D eigenvalue weighted by molar-refractivity contribution is -0.155. The number of hydrogen-bond acceptors (Lipinski definition) is 8.